The number of aliphatic hydroxyl groups excluding tert-OH is 1. The number of hydrogen-bond donors (Lipinski definition) is 4. The highest BCUT2D eigenvalue weighted by Gasteiger charge is 2.11. The third-order valence-corrected chi connectivity index (χ3v) is 1.77. The first-order valence-corrected chi connectivity index (χ1v) is 4.42. The molecule has 1 aromatic rings. The van der Waals surface area contributed by atoms with E-state index >= 15 is 0 Å². The van der Waals surface area contributed by atoms with Gasteiger partial charge in [0.05, 0.1) is 6.54 Å². The second-order valence-electron chi connectivity index (χ2n) is 3.01. The van der Waals surface area contributed by atoms with Crippen LogP contribution in [0.1, 0.15) is 10.5 Å². The topological polar surface area (TPSA) is 126 Å². The zero-order valence-electron chi connectivity index (χ0n) is 8.25. The summed E-state index contributed by atoms with van der Waals surface area (Å²) in [7, 11) is 0. The predicted octanol–water partition coefficient (Wildman–Crippen LogP) is -0.962. The molecule has 7 heteroatoms. The number of aromatic carboxylic acids is 1. The molecule has 5 N–H and O–H groups in total. The maximum atomic E-state index is 10.6. The van der Waals surface area contributed by atoms with Crippen molar-refractivity contribution >= 4 is 17.7 Å². The Kier molecular flexibility index (Phi) is 3.78. The number of carbonyl (C=O) groups excluding carboxylic acids is 1. The molecule has 0 saturated carbocycles. The Morgan fingerprint density at radius 1 is 1.50 bits per heavy atom. The summed E-state index contributed by atoms with van der Waals surface area (Å²) in [6.45, 7) is -0.120. The van der Waals surface area contributed by atoms with Gasteiger partial charge < -0.3 is 21.3 Å². The summed E-state index contributed by atoms with van der Waals surface area (Å²) in [5.74, 6) is -1.76. The molecule has 0 aliphatic carbocycles. The number of carboxylic acids is 1. The largest absolute Gasteiger partial charge is 0.477 e. The molecule has 1 unspecified atom stereocenters. The fourth-order valence-corrected chi connectivity index (χ4v) is 0.954. The predicted molar refractivity (Wildman–Crippen MR) is 54.9 cm³/mol. The monoisotopic (exact) mass is 225 g/mol. The Balaban J connectivity index is 2.64. The lowest BCUT2D eigenvalue weighted by Gasteiger charge is -2.08. The number of nitrogens with two attached hydrogens (primary N) is 1. The van der Waals surface area contributed by atoms with Crippen molar-refractivity contribution in [3.8, 4) is 0 Å². The number of nitrogens with zero attached hydrogens (tertiary/aromatic N) is 1. The number of amides is 1. The van der Waals surface area contributed by atoms with Crippen LogP contribution in [0.5, 0.6) is 0 Å². The van der Waals surface area contributed by atoms with Gasteiger partial charge in [-0.2, -0.15) is 0 Å². The number of primary amides is 1. The molecule has 0 aromatic carbocycles. The molecule has 86 valence electrons. The molecular weight excluding hydrogens is 214 g/mol. The molecule has 1 aromatic heterocycles. The molecule has 0 aliphatic rings. The number of aliphatic hydroxyl groups is 1. The van der Waals surface area contributed by atoms with Gasteiger partial charge in [0.15, 0.2) is 5.69 Å². The van der Waals surface area contributed by atoms with Crippen molar-refractivity contribution in [1.82, 2.24) is 4.98 Å². The van der Waals surface area contributed by atoms with Gasteiger partial charge in [-0.05, 0) is 12.1 Å². The van der Waals surface area contributed by atoms with Crippen molar-refractivity contribution in [2.75, 3.05) is 11.9 Å². The van der Waals surface area contributed by atoms with Gasteiger partial charge in [0, 0.05) is 0 Å². The summed E-state index contributed by atoms with van der Waals surface area (Å²) in [4.78, 5) is 24.8. The number of rotatable bonds is 5. The first kappa shape index (κ1) is 11.9. The van der Waals surface area contributed by atoms with Crippen LogP contribution < -0.4 is 11.1 Å². The van der Waals surface area contributed by atoms with Gasteiger partial charge in [0.25, 0.3) is 0 Å². The van der Waals surface area contributed by atoms with Crippen molar-refractivity contribution in [1.29, 1.82) is 0 Å². The van der Waals surface area contributed by atoms with Crippen LogP contribution in [-0.2, 0) is 4.79 Å². The van der Waals surface area contributed by atoms with Gasteiger partial charge in [-0.1, -0.05) is 6.07 Å². The third-order valence-electron chi connectivity index (χ3n) is 1.77. The lowest BCUT2D eigenvalue weighted by molar-refractivity contribution is -0.125. The van der Waals surface area contributed by atoms with Crippen LogP contribution in [-0.4, -0.2) is 39.7 Å². The van der Waals surface area contributed by atoms with Crippen molar-refractivity contribution in [2.24, 2.45) is 5.73 Å². The smallest absolute Gasteiger partial charge is 0.354 e. The molecule has 7 nitrogen and oxygen atoms in total. The molecule has 1 atom stereocenters. The lowest BCUT2D eigenvalue weighted by atomic mass is 10.3. The van der Waals surface area contributed by atoms with Crippen molar-refractivity contribution in [3.05, 3.63) is 23.9 Å². The first-order valence-electron chi connectivity index (χ1n) is 4.42. The molecule has 1 heterocycles. The quantitative estimate of drug-likeness (QED) is 0.511. The summed E-state index contributed by atoms with van der Waals surface area (Å²) in [5.41, 5.74) is 4.71. The van der Waals surface area contributed by atoms with Crippen molar-refractivity contribution in [3.63, 3.8) is 0 Å². The van der Waals surface area contributed by atoms with E-state index in [9.17, 15) is 9.59 Å². The lowest BCUT2D eigenvalue weighted by Crippen LogP contribution is -2.34. The van der Waals surface area contributed by atoms with Gasteiger partial charge >= 0.3 is 5.97 Å². The SMILES string of the molecule is NC(=O)C(O)CNc1cccc(C(=O)O)n1. The van der Waals surface area contributed by atoms with E-state index in [1.807, 2.05) is 0 Å². The minimum Gasteiger partial charge on any atom is -0.477 e. The molecule has 0 bridgehead atoms. The fourth-order valence-electron chi connectivity index (χ4n) is 0.954. The summed E-state index contributed by atoms with van der Waals surface area (Å²) >= 11 is 0. The fraction of sp³-hybridized carbons (Fsp3) is 0.222. The summed E-state index contributed by atoms with van der Waals surface area (Å²) in [6.07, 6.45) is -1.34. The van der Waals surface area contributed by atoms with Crippen LogP contribution in [0, 0.1) is 0 Å². The molecule has 0 radical (unpaired) electrons. The van der Waals surface area contributed by atoms with Crippen molar-refractivity contribution < 1.29 is 19.8 Å². The van der Waals surface area contributed by atoms with Crippen LogP contribution >= 0.6 is 0 Å². The van der Waals surface area contributed by atoms with Crippen LogP contribution in [0.25, 0.3) is 0 Å². The highest BCUT2D eigenvalue weighted by atomic mass is 16.4. The molecular formula is C9H11N3O4. The number of carboxylic acid groups (broad SMARTS) is 1. The Hall–Kier alpha value is -2.15. The van der Waals surface area contributed by atoms with E-state index < -0.39 is 18.0 Å². The van der Waals surface area contributed by atoms with E-state index in [0.29, 0.717) is 0 Å². The van der Waals surface area contributed by atoms with Crippen molar-refractivity contribution in [2.45, 2.75) is 6.10 Å². The first-order chi connectivity index (χ1) is 7.50. The van der Waals surface area contributed by atoms with Gasteiger partial charge in [-0.25, -0.2) is 9.78 Å². The Bertz CT molecular complexity index is 407. The number of anilines is 1. The van der Waals surface area contributed by atoms with Crippen LogP contribution in [0.2, 0.25) is 0 Å². The number of hydrogen-bond acceptors (Lipinski definition) is 5. The molecule has 1 amide bonds. The van der Waals surface area contributed by atoms with E-state index in [1.165, 1.54) is 18.2 Å². The molecule has 0 spiro atoms. The van der Waals surface area contributed by atoms with Gasteiger partial charge in [-0.15, -0.1) is 0 Å². The van der Waals surface area contributed by atoms with Crippen LogP contribution in [0.4, 0.5) is 5.82 Å². The Morgan fingerprint density at radius 3 is 2.75 bits per heavy atom. The van der Waals surface area contributed by atoms with E-state index in [2.05, 4.69) is 10.3 Å². The zero-order chi connectivity index (χ0) is 12.1. The van der Waals surface area contributed by atoms with Gasteiger partial charge in [0.2, 0.25) is 5.91 Å². The maximum Gasteiger partial charge on any atom is 0.354 e. The number of carbonyl (C=O) groups is 2. The normalized spacial score (nSPS) is 11.8. The molecule has 0 saturated heterocycles. The highest BCUT2D eigenvalue weighted by molar-refractivity contribution is 5.85. The molecule has 0 fully saturated rings. The summed E-state index contributed by atoms with van der Waals surface area (Å²) in [5, 5.41) is 20.3. The summed E-state index contributed by atoms with van der Waals surface area (Å²) < 4.78 is 0. The average molecular weight is 225 g/mol. The third kappa shape index (κ3) is 3.21. The molecule has 16 heavy (non-hydrogen) atoms. The minimum absolute atomic E-state index is 0.120. The minimum atomic E-state index is -1.34. The second kappa shape index (κ2) is 5.08. The number of nitrogens with one attached hydrogen (secondary N) is 1. The zero-order valence-corrected chi connectivity index (χ0v) is 8.25. The highest BCUT2D eigenvalue weighted by Crippen LogP contribution is 2.04. The van der Waals surface area contributed by atoms with Gasteiger partial charge in [0.1, 0.15) is 11.9 Å². The molecule has 0 aliphatic heterocycles. The van der Waals surface area contributed by atoms with Gasteiger partial charge in [-0.3, -0.25) is 4.79 Å². The van der Waals surface area contributed by atoms with E-state index in [-0.39, 0.29) is 18.1 Å². The maximum absolute atomic E-state index is 10.6. The summed E-state index contributed by atoms with van der Waals surface area (Å²) in [6, 6.07) is 4.34. The molecule has 1 rings (SSSR count). The number of aromatic nitrogens is 1. The van der Waals surface area contributed by atoms with Crippen LogP contribution in [0.3, 0.4) is 0 Å². The van der Waals surface area contributed by atoms with E-state index in [4.69, 9.17) is 15.9 Å². The second-order valence-corrected chi connectivity index (χ2v) is 3.01. The standard InChI is InChI=1S/C9H11N3O4/c10-8(14)6(13)4-11-7-3-1-2-5(12-7)9(15)16/h1-3,6,13H,4H2,(H2,10,14)(H,11,12)(H,15,16). The Morgan fingerprint density at radius 2 is 2.19 bits per heavy atom. The number of pyridine rings is 1. The van der Waals surface area contributed by atoms with E-state index in [0.717, 1.165) is 0 Å². The average Bonchev–Trinajstić information content (AvgIpc) is 2.26. The van der Waals surface area contributed by atoms with E-state index in [1.54, 1.807) is 0 Å². The van der Waals surface area contributed by atoms with Crippen LogP contribution in [0.15, 0.2) is 18.2 Å². The Labute approximate surface area is 90.9 Å².